The Balaban J connectivity index is 1.51. The molecule has 0 atom stereocenters. The minimum absolute atomic E-state index is 0.0757. The molecule has 36 heavy (non-hydrogen) atoms. The molecule has 1 aliphatic rings. The molecular weight excluding hydrogens is 480 g/mol. The van der Waals surface area contributed by atoms with Crippen LogP contribution in [0.5, 0.6) is 5.75 Å². The Morgan fingerprint density at radius 1 is 0.972 bits per heavy atom. The number of halogens is 1. The minimum Gasteiger partial charge on any atom is -0.487 e. The summed E-state index contributed by atoms with van der Waals surface area (Å²) in [6.45, 7) is 0.702. The van der Waals surface area contributed by atoms with E-state index in [4.69, 9.17) is 21.1 Å². The summed E-state index contributed by atoms with van der Waals surface area (Å²) in [4.78, 5) is 37.2. The molecule has 1 amide bonds. The topological polar surface area (TPSA) is 86.6 Å². The number of hydrogen-bond acceptors (Lipinski definition) is 5. The van der Waals surface area contributed by atoms with Gasteiger partial charge in [-0.3, -0.25) is 9.59 Å². The third kappa shape index (κ3) is 5.01. The second kappa shape index (κ2) is 10.1. The molecule has 1 aromatic heterocycles. The number of para-hydroxylation sites is 1. The summed E-state index contributed by atoms with van der Waals surface area (Å²) in [6, 6.07) is 22.6. The van der Waals surface area contributed by atoms with Crippen LogP contribution in [0.15, 0.2) is 90.8 Å². The van der Waals surface area contributed by atoms with E-state index in [9.17, 15) is 14.4 Å². The maximum Gasteiger partial charge on any atom is 0.333 e. The Hall–Kier alpha value is -4.36. The van der Waals surface area contributed by atoms with Crippen LogP contribution in [0.3, 0.4) is 0 Å². The first-order valence-corrected chi connectivity index (χ1v) is 11.6. The van der Waals surface area contributed by atoms with Crippen molar-refractivity contribution < 1.29 is 23.9 Å². The highest BCUT2D eigenvalue weighted by atomic mass is 35.5. The van der Waals surface area contributed by atoms with Crippen LogP contribution in [-0.4, -0.2) is 28.8 Å². The van der Waals surface area contributed by atoms with Crippen LogP contribution in [-0.2, 0) is 27.5 Å². The Morgan fingerprint density at radius 2 is 1.75 bits per heavy atom. The van der Waals surface area contributed by atoms with E-state index < -0.39 is 17.7 Å². The van der Waals surface area contributed by atoms with E-state index in [-0.39, 0.29) is 17.9 Å². The summed E-state index contributed by atoms with van der Waals surface area (Å²) in [5.74, 6) is -1.55. The number of aromatic nitrogens is 1. The second-order valence-electron chi connectivity index (χ2n) is 8.28. The number of nitrogens with zero attached hydrogens (tertiary/aromatic N) is 1. The molecular formula is C28H21ClN2O5. The Labute approximate surface area is 211 Å². The molecule has 0 spiro atoms. The number of carbonyl (C=O) groups excluding carboxylic acids is 3. The SMILES string of the molecule is O=C1C=C(NC(=O)C(=O)c2cn(Cc3ccc(Cl)cc3)c3c(OCc4ccccc4)cccc23)CO1. The minimum atomic E-state index is -0.847. The largest absolute Gasteiger partial charge is 0.487 e. The van der Waals surface area contributed by atoms with Gasteiger partial charge in [0.1, 0.15) is 19.0 Å². The van der Waals surface area contributed by atoms with Gasteiger partial charge in [0.15, 0.2) is 0 Å². The van der Waals surface area contributed by atoms with Crippen LogP contribution >= 0.6 is 11.6 Å². The zero-order valence-electron chi connectivity index (χ0n) is 19.1. The molecule has 3 aromatic carbocycles. The highest BCUT2D eigenvalue weighted by Gasteiger charge is 2.25. The Bertz CT molecular complexity index is 1490. The predicted molar refractivity (Wildman–Crippen MR) is 135 cm³/mol. The first-order valence-electron chi connectivity index (χ1n) is 11.2. The standard InChI is InChI=1S/C28H21ClN2O5/c29-20-11-9-18(10-12-20)14-31-15-23(27(33)28(34)30-21-13-25(32)36-17-21)22-7-4-8-24(26(22)31)35-16-19-5-2-1-3-6-19/h1-13,15H,14,16-17H2,(H,30,34). The fraction of sp³-hybridized carbons (Fsp3) is 0.107. The van der Waals surface area contributed by atoms with Crippen LogP contribution in [0, 0.1) is 0 Å². The van der Waals surface area contributed by atoms with Crippen molar-refractivity contribution in [2.24, 2.45) is 0 Å². The lowest BCUT2D eigenvalue weighted by Crippen LogP contribution is -2.31. The molecule has 0 aliphatic carbocycles. The van der Waals surface area contributed by atoms with Crippen molar-refractivity contribution in [3.05, 3.63) is 112 Å². The van der Waals surface area contributed by atoms with E-state index >= 15 is 0 Å². The number of ether oxygens (including phenoxy) is 2. The van der Waals surface area contributed by atoms with Crippen molar-refractivity contribution in [1.82, 2.24) is 9.88 Å². The molecule has 0 unspecified atom stereocenters. The van der Waals surface area contributed by atoms with E-state index in [0.717, 1.165) is 17.2 Å². The number of carbonyl (C=O) groups is 3. The maximum atomic E-state index is 13.2. The average molecular weight is 501 g/mol. The molecule has 5 rings (SSSR count). The number of esters is 1. The summed E-state index contributed by atoms with van der Waals surface area (Å²) < 4.78 is 12.8. The van der Waals surface area contributed by atoms with Gasteiger partial charge >= 0.3 is 5.97 Å². The Morgan fingerprint density at radius 3 is 2.47 bits per heavy atom. The number of cyclic esters (lactones) is 1. The van der Waals surface area contributed by atoms with Crippen molar-refractivity contribution in [2.75, 3.05) is 6.61 Å². The molecule has 0 saturated heterocycles. The molecule has 8 heteroatoms. The summed E-state index contributed by atoms with van der Waals surface area (Å²) in [5.41, 5.74) is 3.13. The number of ketones is 1. The molecule has 0 fully saturated rings. The third-order valence-corrected chi connectivity index (χ3v) is 6.00. The molecule has 2 heterocycles. The number of rotatable bonds is 8. The number of Topliss-reactive ketones (excluding diaryl/α,β-unsaturated/α-hetero) is 1. The van der Waals surface area contributed by atoms with Gasteiger partial charge in [-0.25, -0.2) is 4.79 Å². The Kier molecular flexibility index (Phi) is 6.56. The first kappa shape index (κ1) is 23.4. The summed E-state index contributed by atoms with van der Waals surface area (Å²) in [6.07, 6.45) is 2.81. The van der Waals surface area contributed by atoms with E-state index in [2.05, 4.69) is 5.32 Å². The van der Waals surface area contributed by atoms with Gasteiger partial charge in [0.2, 0.25) is 0 Å². The lowest BCUT2D eigenvalue weighted by Gasteiger charge is -2.12. The van der Waals surface area contributed by atoms with E-state index in [1.165, 1.54) is 0 Å². The van der Waals surface area contributed by atoms with Crippen molar-refractivity contribution in [2.45, 2.75) is 13.2 Å². The molecule has 180 valence electrons. The molecule has 4 aromatic rings. The van der Waals surface area contributed by atoms with Crippen LogP contribution in [0.2, 0.25) is 5.02 Å². The third-order valence-electron chi connectivity index (χ3n) is 5.75. The number of hydrogen-bond donors (Lipinski definition) is 1. The molecule has 0 bridgehead atoms. The lowest BCUT2D eigenvalue weighted by atomic mass is 10.1. The fourth-order valence-electron chi connectivity index (χ4n) is 4.04. The normalized spacial score (nSPS) is 12.8. The number of benzene rings is 3. The number of amides is 1. The fourth-order valence-corrected chi connectivity index (χ4v) is 4.17. The first-order chi connectivity index (χ1) is 17.5. The van der Waals surface area contributed by atoms with Crippen LogP contribution < -0.4 is 10.1 Å². The second-order valence-corrected chi connectivity index (χ2v) is 8.72. The van der Waals surface area contributed by atoms with Gasteiger partial charge in [0.05, 0.1) is 16.8 Å². The van der Waals surface area contributed by atoms with Crippen molar-refractivity contribution in [1.29, 1.82) is 0 Å². The van der Waals surface area contributed by atoms with Crippen molar-refractivity contribution >= 4 is 40.2 Å². The van der Waals surface area contributed by atoms with E-state index in [1.807, 2.05) is 53.1 Å². The predicted octanol–water partition coefficient (Wildman–Crippen LogP) is 4.66. The zero-order valence-corrected chi connectivity index (χ0v) is 19.8. The van der Waals surface area contributed by atoms with Crippen molar-refractivity contribution in [3.63, 3.8) is 0 Å². The molecule has 0 saturated carbocycles. The number of fused-ring (bicyclic) bond motifs is 1. The lowest BCUT2D eigenvalue weighted by molar-refractivity contribution is -0.135. The van der Waals surface area contributed by atoms with Crippen LogP contribution in [0.4, 0.5) is 0 Å². The zero-order chi connectivity index (χ0) is 25.1. The number of nitrogens with one attached hydrogen (secondary N) is 1. The van der Waals surface area contributed by atoms with Gasteiger partial charge in [0.25, 0.3) is 11.7 Å². The molecule has 1 N–H and O–H groups in total. The van der Waals surface area contributed by atoms with E-state index in [0.29, 0.717) is 34.8 Å². The van der Waals surface area contributed by atoms with Crippen LogP contribution in [0.25, 0.3) is 10.9 Å². The smallest absolute Gasteiger partial charge is 0.333 e. The van der Waals surface area contributed by atoms with E-state index in [1.54, 1.807) is 30.5 Å². The van der Waals surface area contributed by atoms with Gasteiger partial charge in [-0.1, -0.05) is 66.2 Å². The quantitative estimate of drug-likeness (QED) is 0.216. The summed E-state index contributed by atoms with van der Waals surface area (Å²) >= 11 is 6.04. The van der Waals surface area contributed by atoms with Gasteiger partial charge in [-0.2, -0.15) is 0 Å². The average Bonchev–Trinajstić information content (AvgIpc) is 3.47. The van der Waals surface area contributed by atoms with Crippen molar-refractivity contribution in [3.8, 4) is 5.75 Å². The summed E-state index contributed by atoms with van der Waals surface area (Å²) in [7, 11) is 0. The molecule has 7 nitrogen and oxygen atoms in total. The molecule has 1 aliphatic heterocycles. The monoisotopic (exact) mass is 500 g/mol. The highest BCUT2D eigenvalue weighted by molar-refractivity contribution is 6.45. The molecule has 0 radical (unpaired) electrons. The van der Waals surface area contributed by atoms with Crippen LogP contribution in [0.1, 0.15) is 21.5 Å². The maximum absolute atomic E-state index is 13.2. The summed E-state index contributed by atoms with van der Waals surface area (Å²) in [5, 5.41) is 3.68. The highest BCUT2D eigenvalue weighted by Crippen LogP contribution is 2.32. The van der Waals surface area contributed by atoms with Gasteiger partial charge in [-0.15, -0.1) is 0 Å². The van der Waals surface area contributed by atoms with Gasteiger partial charge in [-0.05, 0) is 29.3 Å². The van der Waals surface area contributed by atoms with Gasteiger partial charge < -0.3 is 19.4 Å². The van der Waals surface area contributed by atoms with Gasteiger partial charge in [0, 0.05) is 29.2 Å².